The second-order valence-corrected chi connectivity index (χ2v) is 13.2. The van der Waals surface area contributed by atoms with Crippen LogP contribution in [0, 0.1) is 6.92 Å². The summed E-state index contributed by atoms with van der Waals surface area (Å²) in [6, 6.07) is 2.95. The Labute approximate surface area is 281 Å². The number of aromatic nitrogens is 5. The van der Waals surface area contributed by atoms with Gasteiger partial charge >= 0.3 is 11.9 Å². The molecule has 1 fully saturated rings. The van der Waals surface area contributed by atoms with Crippen molar-refractivity contribution in [1.29, 1.82) is 0 Å². The maximum Gasteiger partial charge on any atom is 0.352 e. The summed E-state index contributed by atoms with van der Waals surface area (Å²) in [6.45, 7) is 1.28. The number of nitrogen functional groups attached to an aromatic ring is 1. The van der Waals surface area contributed by atoms with Crippen LogP contribution in [0.25, 0.3) is 5.65 Å². The highest BCUT2D eigenvalue weighted by Gasteiger charge is 2.54. The van der Waals surface area contributed by atoms with Crippen LogP contribution in [0.2, 0.25) is 0 Å². The number of thioether (sulfide) groups is 2. The second-order valence-electron chi connectivity index (χ2n) is 10.2. The number of phenolic OH excluding ortho intramolecular Hbond substituents is 1. The normalized spacial score (nSPS) is 17.6. The van der Waals surface area contributed by atoms with Crippen LogP contribution in [0.4, 0.5) is 5.13 Å². The van der Waals surface area contributed by atoms with Crippen LogP contribution in [0.3, 0.4) is 0 Å². The van der Waals surface area contributed by atoms with E-state index in [4.69, 9.17) is 10.6 Å². The summed E-state index contributed by atoms with van der Waals surface area (Å²) >= 11 is 3.60. The summed E-state index contributed by atoms with van der Waals surface area (Å²) in [5.74, 6) is -5.39. The zero-order chi connectivity index (χ0) is 34.3. The van der Waals surface area contributed by atoms with Crippen LogP contribution in [-0.4, -0.2) is 103 Å². The number of carboxylic acids is 2. The number of thiazole rings is 1. The number of nitrogens with zero attached hydrogens (tertiary/aromatic N) is 7. The highest BCUT2D eigenvalue weighted by Crippen LogP contribution is 2.42. The highest BCUT2D eigenvalue weighted by atomic mass is 32.2. The van der Waals surface area contributed by atoms with E-state index in [9.17, 15) is 39.6 Å². The van der Waals surface area contributed by atoms with Gasteiger partial charge in [-0.1, -0.05) is 16.4 Å². The number of phenols is 2. The summed E-state index contributed by atoms with van der Waals surface area (Å²) < 4.78 is 1.54. The molecule has 1 aromatic carbocycles. The van der Waals surface area contributed by atoms with Gasteiger partial charge in [-0.3, -0.25) is 14.5 Å². The lowest BCUT2D eigenvalue weighted by molar-refractivity contribution is -0.150. The van der Waals surface area contributed by atoms with Crippen molar-refractivity contribution in [3.63, 3.8) is 0 Å². The fraction of sp³-hybridized carbons (Fsp3) is 0.222. The minimum atomic E-state index is -1.54. The van der Waals surface area contributed by atoms with Crippen molar-refractivity contribution in [2.75, 3.05) is 17.2 Å². The average Bonchev–Trinajstić information content (AvgIpc) is 3.70. The maximum absolute atomic E-state index is 13.4. The van der Waals surface area contributed by atoms with Gasteiger partial charge in [-0.05, 0) is 24.6 Å². The summed E-state index contributed by atoms with van der Waals surface area (Å²) in [4.78, 5) is 65.6. The van der Waals surface area contributed by atoms with Crippen molar-refractivity contribution in [3.05, 3.63) is 63.6 Å². The molecule has 5 heterocycles. The van der Waals surface area contributed by atoms with Gasteiger partial charge < -0.3 is 36.3 Å². The lowest BCUT2D eigenvalue weighted by atomic mass is 10.0. The first-order valence-corrected chi connectivity index (χ1v) is 16.6. The minimum Gasteiger partial charge on any atom is -0.504 e. The van der Waals surface area contributed by atoms with E-state index in [1.165, 1.54) is 45.7 Å². The summed E-state index contributed by atoms with van der Waals surface area (Å²) in [6.07, 6.45) is 1.51. The quantitative estimate of drug-likeness (QED) is 0.0316. The molecule has 3 aromatic heterocycles. The molecule has 18 nitrogen and oxygen atoms in total. The van der Waals surface area contributed by atoms with Gasteiger partial charge in [0.2, 0.25) is 0 Å². The standard InChI is InChI=1S/C27H23N9O9S3/c1-10-4-16(36-15(30-10)5-29-34-36)46-7-12-8-47-24-19(23(40)35(24)20(12)26(43)44)32-22(39)18(13-9-48-27(28)31-13)33-45-6-11-2-3-14(37)21(38)17(11)25(41)42/h2-5,9,19,24,37-38H,6-8H2,1H3,(H2,28,31)(H,32,39)(H,41,42)(H,43,44)/t19-,24-/m1/s1. The summed E-state index contributed by atoms with van der Waals surface area (Å²) in [5.41, 5.74) is 6.27. The van der Waals surface area contributed by atoms with Gasteiger partial charge in [0, 0.05) is 28.1 Å². The largest absolute Gasteiger partial charge is 0.504 e. The van der Waals surface area contributed by atoms with Crippen molar-refractivity contribution in [2.24, 2.45) is 5.16 Å². The lowest BCUT2D eigenvalue weighted by Crippen LogP contribution is -2.71. The van der Waals surface area contributed by atoms with Gasteiger partial charge in [0.25, 0.3) is 11.8 Å². The zero-order valence-corrected chi connectivity index (χ0v) is 26.9. The number of oxime groups is 1. The second kappa shape index (κ2) is 13.0. The van der Waals surface area contributed by atoms with Crippen LogP contribution in [0.15, 0.2) is 51.2 Å². The van der Waals surface area contributed by atoms with E-state index in [-0.39, 0.29) is 33.6 Å². The number of amides is 2. The molecule has 0 spiro atoms. The zero-order valence-electron chi connectivity index (χ0n) is 24.4. The van der Waals surface area contributed by atoms with E-state index in [2.05, 4.69) is 30.8 Å². The number of carboxylic acid groups (broad SMARTS) is 2. The Bertz CT molecular complexity index is 2060. The van der Waals surface area contributed by atoms with Crippen LogP contribution < -0.4 is 11.1 Å². The number of aliphatic carboxylic acids is 1. The SMILES string of the molecule is Cc1cc(SCC2=C(C(=O)O)N3C(=O)[C@@H](NC(=O)C(=NOCc4ccc(O)c(O)c4C(=O)O)c4csc(N)n4)[C@H]3SC2)n2nncc2n1. The average molecular weight is 714 g/mol. The van der Waals surface area contributed by atoms with Crippen molar-refractivity contribution in [2.45, 2.75) is 30.0 Å². The Kier molecular flexibility index (Phi) is 8.81. The molecular formula is C27H23N9O9S3. The summed E-state index contributed by atoms with van der Waals surface area (Å²) in [5, 5.41) is 55.0. The Balaban J connectivity index is 1.19. The molecule has 0 aliphatic carbocycles. The highest BCUT2D eigenvalue weighted by molar-refractivity contribution is 8.01. The fourth-order valence-electron chi connectivity index (χ4n) is 4.93. The topological polar surface area (TPSA) is 268 Å². The Morgan fingerprint density at radius 3 is 2.71 bits per heavy atom. The van der Waals surface area contributed by atoms with Crippen molar-refractivity contribution >= 4 is 75.1 Å². The molecule has 7 N–H and O–H groups in total. The molecule has 2 aliphatic rings. The molecule has 2 amide bonds. The number of nitrogens with two attached hydrogens (primary N) is 1. The first-order valence-electron chi connectivity index (χ1n) is 13.6. The van der Waals surface area contributed by atoms with Crippen molar-refractivity contribution < 1.29 is 44.4 Å². The van der Waals surface area contributed by atoms with Gasteiger partial charge in [0.1, 0.15) is 40.0 Å². The third-order valence-corrected chi connectivity index (χ3v) is 10.2. The van der Waals surface area contributed by atoms with Crippen LogP contribution in [0.5, 0.6) is 11.5 Å². The number of aromatic hydroxyl groups is 2. The van der Waals surface area contributed by atoms with E-state index >= 15 is 0 Å². The van der Waals surface area contributed by atoms with Gasteiger partial charge in [-0.25, -0.2) is 19.6 Å². The molecule has 0 saturated carbocycles. The molecule has 2 aliphatic heterocycles. The molecule has 2 atom stereocenters. The lowest BCUT2D eigenvalue weighted by Gasteiger charge is -2.49. The van der Waals surface area contributed by atoms with E-state index in [0.717, 1.165) is 28.0 Å². The maximum atomic E-state index is 13.4. The molecule has 0 radical (unpaired) electrons. The fourth-order valence-corrected chi connectivity index (χ4v) is 8.02. The number of β-lactam (4-membered cyclic amide) rings is 1. The Morgan fingerprint density at radius 2 is 2.00 bits per heavy atom. The van der Waals surface area contributed by atoms with Gasteiger partial charge in [0.05, 0.1) is 6.20 Å². The number of carbonyl (C=O) groups is 4. The first-order chi connectivity index (χ1) is 22.9. The van der Waals surface area contributed by atoms with E-state index in [1.807, 2.05) is 6.92 Å². The molecule has 6 rings (SSSR count). The first kappa shape index (κ1) is 32.5. The minimum absolute atomic E-state index is 0.000192. The van der Waals surface area contributed by atoms with E-state index < -0.39 is 64.5 Å². The Hall–Kier alpha value is -5.41. The number of fused-ring (bicyclic) bond motifs is 2. The number of aryl methyl sites for hydroxylation is 1. The number of rotatable bonds is 11. The van der Waals surface area contributed by atoms with E-state index in [1.54, 1.807) is 6.07 Å². The number of hydrogen-bond acceptors (Lipinski definition) is 16. The predicted molar refractivity (Wildman–Crippen MR) is 171 cm³/mol. The molecular weight excluding hydrogens is 691 g/mol. The molecule has 248 valence electrons. The molecule has 48 heavy (non-hydrogen) atoms. The van der Waals surface area contributed by atoms with Gasteiger partial charge in [-0.15, -0.1) is 40.0 Å². The number of carbonyl (C=O) groups excluding carboxylic acids is 2. The summed E-state index contributed by atoms with van der Waals surface area (Å²) in [7, 11) is 0. The van der Waals surface area contributed by atoms with Crippen LogP contribution in [0.1, 0.15) is 27.3 Å². The third kappa shape index (κ3) is 6.04. The molecule has 0 bridgehead atoms. The molecule has 21 heteroatoms. The molecule has 4 aromatic rings. The monoisotopic (exact) mass is 713 g/mol. The number of aromatic carboxylic acids is 1. The predicted octanol–water partition coefficient (Wildman–Crippen LogP) is 1.03. The van der Waals surface area contributed by atoms with E-state index in [0.29, 0.717) is 16.2 Å². The van der Waals surface area contributed by atoms with Gasteiger partial charge in [0.15, 0.2) is 28.0 Å². The Morgan fingerprint density at radius 1 is 1.21 bits per heavy atom. The van der Waals surface area contributed by atoms with Crippen LogP contribution in [-0.2, 0) is 25.8 Å². The number of nitrogens with one attached hydrogen (secondary N) is 1. The van der Waals surface area contributed by atoms with Crippen molar-refractivity contribution in [1.82, 2.24) is 35.0 Å². The smallest absolute Gasteiger partial charge is 0.352 e. The van der Waals surface area contributed by atoms with Crippen molar-refractivity contribution in [3.8, 4) is 11.5 Å². The third-order valence-electron chi connectivity index (χ3n) is 7.11. The molecule has 0 unspecified atom stereocenters. The molecule has 1 saturated heterocycles. The number of anilines is 1. The number of hydrogen-bond donors (Lipinski definition) is 6. The van der Waals surface area contributed by atoms with Crippen LogP contribution >= 0.6 is 34.9 Å². The van der Waals surface area contributed by atoms with Gasteiger partial charge in [-0.2, -0.15) is 4.52 Å². The number of benzene rings is 1.